The molecule has 18 heavy (non-hydrogen) atoms. The van der Waals surface area contributed by atoms with Crippen LogP contribution in [0.2, 0.25) is 0 Å². The molecule has 0 radical (unpaired) electrons. The van der Waals surface area contributed by atoms with Crippen molar-refractivity contribution < 1.29 is 14.4 Å². The van der Waals surface area contributed by atoms with Gasteiger partial charge in [-0.2, -0.15) is 4.98 Å². The molecule has 94 valence electrons. The van der Waals surface area contributed by atoms with Crippen molar-refractivity contribution >= 4 is 6.09 Å². The zero-order chi connectivity index (χ0) is 13.1. The van der Waals surface area contributed by atoms with Gasteiger partial charge < -0.3 is 14.9 Å². The van der Waals surface area contributed by atoms with Gasteiger partial charge in [0.25, 0.3) is 0 Å². The molecule has 2 rings (SSSR count). The second kappa shape index (κ2) is 4.78. The molecular formula is C10H11N5O3. The van der Waals surface area contributed by atoms with Crippen molar-refractivity contribution in [1.82, 2.24) is 25.4 Å². The zero-order valence-corrected chi connectivity index (χ0v) is 9.78. The summed E-state index contributed by atoms with van der Waals surface area (Å²) < 4.78 is 4.97. The Kier molecular flexibility index (Phi) is 3.18. The Balaban J connectivity index is 2.22. The van der Waals surface area contributed by atoms with Crippen LogP contribution in [0.1, 0.15) is 24.6 Å². The highest BCUT2D eigenvalue weighted by Gasteiger charge is 2.17. The van der Waals surface area contributed by atoms with E-state index in [2.05, 4.69) is 25.4 Å². The molecule has 8 heteroatoms. The number of nitrogens with zero attached hydrogens (tertiary/aromatic N) is 4. The topological polar surface area (TPSA) is 114 Å². The predicted octanol–water partition coefficient (Wildman–Crippen LogP) is 1.16. The molecular weight excluding hydrogens is 238 g/mol. The van der Waals surface area contributed by atoms with Gasteiger partial charge >= 0.3 is 6.09 Å². The van der Waals surface area contributed by atoms with Gasteiger partial charge in [0.1, 0.15) is 18.1 Å². The van der Waals surface area contributed by atoms with E-state index < -0.39 is 12.1 Å². The van der Waals surface area contributed by atoms with Crippen molar-refractivity contribution in [2.45, 2.75) is 19.9 Å². The normalized spacial score (nSPS) is 12.1. The Hall–Kier alpha value is -2.51. The van der Waals surface area contributed by atoms with Crippen LogP contribution >= 0.6 is 0 Å². The van der Waals surface area contributed by atoms with Crippen LogP contribution < -0.4 is 5.32 Å². The average Bonchev–Trinajstić information content (AvgIpc) is 2.77. The van der Waals surface area contributed by atoms with E-state index in [1.54, 1.807) is 13.0 Å². The number of carbonyl (C=O) groups is 1. The average molecular weight is 249 g/mol. The van der Waals surface area contributed by atoms with Crippen LogP contribution in [0.25, 0.3) is 11.5 Å². The maximum absolute atomic E-state index is 10.5. The molecule has 0 spiro atoms. The Bertz CT molecular complexity index is 568. The van der Waals surface area contributed by atoms with E-state index >= 15 is 0 Å². The van der Waals surface area contributed by atoms with E-state index in [1.807, 2.05) is 6.92 Å². The highest BCUT2D eigenvalue weighted by Crippen LogP contribution is 2.16. The summed E-state index contributed by atoms with van der Waals surface area (Å²) in [6.07, 6.45) is 0.250. The van der Waals surface area contributed by atoms with Gasteiger partial charge in [0.15, 0.2) is 0 Å². The summed E-state index contributed by atoms with van der Waals surface area (Å²) in [6.45, 7) is 3.43. The lowest BCUT2D eigenvalue weighted by atomic mass is 10.3. The molecule has 8 nitrogen and oxygen atoms in total. The van der Waals surface area contributed by atoms with E-state index in [-0.39, 0.29) is 5.89 Å². The molecule has 0 aliphatic heterocycles. The third kappa shape index (κ3) is 2.59. The van der Waals surface area contributed by atoms with Gasteiger partial charge in [0.2, 0.25) is 11.7 Å². The number of rotatable bonds is 3. The molecule has 1 atom stereocenters. The van der Waals surface area contributed by atoms with Crippen molar-refractivity contribution in [1.29, 1.82) is 0 Å². The second-order valence-electron chi connectivity index (χ2n) is 3.67. The minimum absolute atomic E-state index is 0.184. The summed E-state index contributed by atoms with van der Waals surface area (Å²) >= 11 is 0. The molecule has 0 bridgehead atoms. The van der Waals surface area contributed by atoms with E-state index in [1.165, 1.54) is 6.33 Å². The molecule has 0 fully saturated rings. The molecule has 2 heterocycles. The largest absolute Gasteiger partial charge is 0.465 e. The van der Waals surface area contributed by atoms with Crippen molar-refractivity contribution in [3.63, 3.8) is 0 Å². The molecule has 2 aromatic heterocycles. The first-order valence-electron chi connectivity index (χ1n) is 5.18. The Morgan fingerprint density at radius 3 is 2.94 bits per heavy atom. The zero-order valence-electron chi connectivity index (χ0n) is 9.78. The number of hydrogen-bond acceptors (Lipinski definition) is 6. The summed E-state index contributed by atoms with van der Waals surface area (Å²) in [5, 5.41) is 14.6. The molecule has 1 amide bonds. The monoisotopic (exact) mass is 249 g/mol. The van der Waals surface area contributed by atoms with Gasteiger partial charge in [-0.25, -0.2) is 14.8 Å². The quantitative estimate of drug-likeness (QED) is 0.838. The first-order valence-corrected chi connectivity index (χ1v) is 5.18. The summed E-state index contributed by atoms with van der Waals surface area (Å²) in [5.74, 6) is 0.484. The summed E-state index contributed by atoms with van der Waals surface area (Å²) in [7, 11) is 0. The van der Waals surface area contributed by atoms with E-state index in [4.69, 9.17) is 9.63 Å². The van der Waals surface area contributed by atoms with E-state index in [9.17, 15) is 4.79 Å². The number of amides is 1. The van der Waals surface area contributed by atoms with Gasteiger partial charge in [-0.1, -0.05) is 5.16 Å². The number of carboxylic acid groups (broad SMARTS) is 1. The Labute approximate surface area is 102 Å². The molecule has 0 aromatic carbocycles. The highest BCUT2D eigenvalue weighted by atomic mass is 16.5. The van der Waals surface area contributed by atoms with Crippen LogP contribution in [0.5, 0.6) is 0 Å². The molecule has 1 unspecified atom stereocenters. The van der Waals surface area contributed by atoms with Crippen molar-refractivity contribution in [3.05, 3.63) is 24.0 Å². The van der Waals surface area contributed by atoms with Crippen molar-refractivity contribution in [2.24, 2.45) is 0 Å². The molecule has 0 aliphatic rings. The third-order valence-corrected chi connectivity index (χ3v) is 2.19. The van der Waals surface area contributed by atoms with E-state index in [0.717, 1.165) is 5.69 Å². The SMILES string of the molecule is Cc1cc(-c2noc(C(C)NC(=O)O)n2)ncn1. The second-order valence-corrected chi connectivity index (χ2v) is 3.67. The van der Waals surface area contributed by atoms with Crippen molar-refractivity contribution in [2.75, 3.05) is 0 Å². The minimum Gasteiger partial charge on any atom is -0.465 e. The fourth-order valence-corrected chi connectivity index (χ4v) is 1.34. The van der Waals surface area contributed by atoms with Crippen LogP contribution in [0.15, 0.2) is 16.9 Å². The third-order valence-electron chi connectivity index (χ3n) is 2.19. The Morgan fingerprint density at radius 2 is 2.28 bits per heavy atom. The van der Waals surface area contributed by atoms with Gasteiger partial charge in [-0.3, -0.25) is 0 Å². The molecule has 0 saturated carbocycles. The smallest absolute Gasteiger partial charge is 0.405 e. The van der Waals surface area contributed by atoms with Crippen LogP contribution in [-0.4, -0.2) is 31.3 Å². The van der Waals surface area contributed by atoms with Crippen LogP contribution in [0.3, 0.4) is 0 Å². The standard InChI is InChI=1S/C10H11N5O3/c1-5-3-7(12-4-11-5)8-14-9(18-15-8)6(2)13-10(16)17/h3-4,6,13H,1-2H3,(H,16,17). The highest BCUT2D eigenvalue weighted by molar-refractivity contribution is 5.64. The fraction of sp³-hybridized carbons (Fsp3) is 0.300. The molecule has 0 saturated heterocycles. The number of nitrogens with one attached hydrogen (secondary N) is 1. The van der Waals surface area contributed by atoms with Gasteiger partial charge in [0, 0.05) is 5.69 Å². The number of hydrogen-bond donors (Lipinski definition) is 2. The number of aryl methyl sites for hydroxylation is 1. The van der Waals surface area contributed by atoms with Crippen LogP contribution in [0.4, 0.5) is 4.79 Å². The summed E-state index contributed by atoms with van der Waals surface area (Å²) in [5.41, 5.74) is 1.31. The molecule has 2 N–H and O–H groups in total. The summed E-state index contributed by atoms with van der Waals surface area (Å²) in [6, 6.07) is 1.14. The Morgan fingerprint density at radius 1 is 1.50 bits per heavy atom. The molecule has 2 aromatic rings. The lowest BCUT2D eigenvalue weighted by Crippen LogP contribution is -2.24. The first-order chi connectivity index (χ1) is 8.56. The molecule has 0 aliphatic carbocycles. The maximum Gasteiger partial charge on any atom is 0.405 e. The van der Waals surface area contributed by atoms with Crippen LogP contribution in [0, 0.1) is 6.92 Å². The predicted molar refractivity (Wildman–Crippen MR) is 59.6 cm³/mol. The minimum atomic E-state index is -1.15. The van der Waals surface area contributed by atoms with E-state index in [0.29, 0.717) is 11.5 Å². The van der Waals surface area contributed by atoms with Gasteiger partial charge in [-0.05, 0) is 19.9 Å². The summed E-state index contributed by atoms with van der Waals surface area (Å²) in [4.78, 5) is 22.5. The van der Waals surface area contributed by atoms with Gasteiger partial charge in [-0.15, -0.1) is 0 Å². The maximum atomic E-state index is 10.5. The van der Waals surface area contributed by atoms with Crippen molar-refractivity contribution in [3.8, 4) is 11.5 Å². The lowest BCUT2D eigenvalue weighted by Gasteiger charge is -2.04. The van der Waals surface area contributed by atoms with Crippen LogP contribution in [-0.2, 0) is 0 Å². The van der Waals surface area contributed by atoms with Gasteiger partial charge in [0.05, 0.1) is 0 Å². The lowest BCUT2D eigenvalue weighted by molar-refractivity contribution is 0.187. The first kappa shape index (κ1) is 12.0. The fourth-order valence-electron chi connectivity index (χ4n) is 1.34. The number of aromatic nitrogens is 4.